The highest BCUT2D eigenvalue weighted by molar-refractivity contribution is 6.00. The summed E-state index contributed by atoms with van der Waals surface area (Å²) < 4.78 is 9.74. The van der Waals surface area contributed by atoms with Gasteiger partial charge in [0.1, 0.15) is 5.75 Å². The van der Waals surface area contributed by atoms with Gasteiger partial charge in [-0.25, -0.2) is 9.59 Å². The third-order valence-corrected chi connectivity index (χ3v) is 3.25. The molecule has 0 bridgehead atoms. The molecule has 2 amide bonds. The number of ether oxygens (including phenoxy) is 2. The maximum Gasteiger partial charge on any atom is 0.337 e. The van der Waals surface area contributed by atoms with Crippen molar-refractivity contribution in [2.45, 2.75) is 6.92 Å². The van der Waals surface area contributed by atoms with Crippen LogP contribution in [0.2, 0.25) is 0 Å². The largest absolute Gasteiger partial charge is 0.497 e. The minimum absolute atomic E-state index is 0.371. The zero-order valence-corrected chi connectivity index (χ0v) is 13.2. The minimum Gasteiger partial charge on any atom is -0.497 e. The van der Waals surface area contributed by atoms with Gasteiger partial charge in [-0.05, 0) is 55.0 Å². The summed E-state index contributed by atoms with van der Waals surface area (Å²) in [5, 5.41) is 5.46. The van der Waals surface area contributed by atoms with E-state index in [1.54, 1.807) is 43.5 Å². The van der Waals surface area contributed by atoms with Crippen LogP contribution >= 0.6 is 0 Å². The summed E-state index contributed by atoms with van der Waals surface area (Å²) in [6.07, 6.45) is 0. The molecule has 0 spiro atoms. The number of hydrogen-bond acceptors (Lipinski definition) is 4. The molecule has 0 aliphatic rings. The van der Waals surface area contributed by atoms with Crippen molar-refractivity contribution in [2.75, 3.05) is 24.9 Å². The number of carbonyl (C=O) groups excluding carboxylic acids is 2. The Bertz CT molecular complexity index is 711. The predicted molar refractivity (Wildman–Crippen MR) is 88.2 cm³/mol. The number of urea groups is 1. The number of anilines is 2. The van der Waals surface area contributed by atoms with Crippen LogP contribution in [0.5, 0.6) is 5.75 Å². The van der Waals surface area contributed by atoms with E-state index in [1.165, 1.54) is 7.11 Å². The smallest absolute Gasteiger partial charge is 0.337 e. The van der Waals surface area contributed by atoms with Gasteiger partial charge in [0.15, 0.2) is 0 Å². The maximum atomic E-state index is 12.0. The van der Waals surface area contributed by atoms with Crippen molar-refractivity contribution in [2.24, 2.45) is 0 Å². The fourth-order valence-electron chi connectivity index (χ4n) is 2.00. The highest BCUT2D eigenvalue weighted by Crippen LogP contribution is 2.21. The van der Waals surface area contributed by atoms with Crippen LogP contribution in [0.25, 0.3) is 0 Å². The maximum absolute atomic E-state index is 12.0. The number of nitrogens with one attached hydrogen (secondary N) is 2. The van der Waals surface area contributed by atoms with Gasteiger partial charge in [-0.15, -0.1) is 0 Å². The third-order valence-electron chi connectivity index (χ3n) is 3.25. The summed E-state index contributed by atoms with van der Waals surface area (Å²) in [7, 11) is 2.91. The summed E-state index contributed by atoms with van der Waals surface area (Å²) in [5.74, 6) is 0.307. The molecular weight excluding hydrogens is 296 g/mol. The van der Waals surface area contributed by atoms with Gasteiger partial charge < -0.3 is 20.1 Å². The molecule has 6 nitrogen and oxygen atoms in total. The summed E-state index contributed by atoms with van der Waals surface area (Å²) in [6.45, 7) is 1.88. The van der Waals surface area contributed by atoms with Crippen molar-refractivity contribution in [1.82, 2.24) is 0 Å². The number of methoxy groups -OCH3 is 2. The molecule has 0 fully saturated rings. The predicted octanol–water partition coefficient (Wildman–Crippen LogP) is 3.43. The molecule has 6 heteroatoms. The molecule has 0 aliphatic carbocycles. The standard InChI is InChI=1S/C17H18N2O4/c1-11-10-14(22-2)8-9-15(11)19-17(21)18-13-6-4-12(5-7-13)16(20)23-3/h4-10H,1-3H3,(H2,18,19,21). The van der Waals surface area contributed by atoms with E-state index in [0.29, 0.717) is 16.9 Å². The molecule has 0 heterocycles. The Morgan fingerprint density at radius 1 is 0.957 bits per heavy atom. The average Bonchev–Trinajstić information content (AvgIpc) is 2.56. The molecule has 0 aliphatic heterocycles. The second-order valence-corrected chi connectivity index (χ2v) is 4.83. The molecule has 0 unspecified atom stereocenters. The molecule has 2 N–H and O–H groups in total. The second-order valence-electron chi connectivity index (χ2n) is 4.83. The van der Waals surface area contributed by atoms with Gasteiger partial charge in [-0.1, -0.05) is 0 Å². The molecule has 0 saturated carbocycles. The average molecular weight is 314 g/mol. The van der Waals surface area contributed by atoms with E-state index in [9.17, 15) is 9.59 Å². The lowest BCUT2D eigenvalue weighted by atomic mass is 10.2. The Morgan fingerprint density at radius 2 is 1.65 bits per heavy atom. The molecule has 2 aromatic carbocycles. The Labute approximate surface area is 134 Å². The van der Waals surface area contributed by atoms with Gasteiger partial charge in [0.2, 0.25) is 0 Å². The first-order valence-corrected chi connectivity index (χ1v) is 6.94. The fourth-order valence-corrected chi connectivity index (χ4v) is 2.00. The van der Waals surface area contributed by atoms with Crippen LogP contribution in [0, 0.1) is 6.92 Å². The molecule has 0 atom stereocenters. The Kier molecular flexibility index (Phi) is 5.19. The number of hydrogen-bond donors (Lipinski definition) is 2. The quantitative estimate of drug-likeness (QED) is 0.848. The number of carbonyl (C=O) groups is 2. The molecule has 120 valence electrons. The number of esters is 1. The summed E-state index contributed by atoms with van der Waals surface area (Å²) in [6, 6.07) is 11.4. The Balaban J connectivity index is 2.01. The van der Waals surface area contributed by atoms with Crippen LogP contribution in [0.15, 0.2) is 42.5 Å². The van der Waals surface area contributed by atoms with Gasteiger partial charge in [-0.2, -0.15) is 0 Å². The van der Waals surface area contributed by atoms with Crippen molar-refractivity contribution in [3.05, 3.63) is 53.6 Å². The highest BCUT2D eigenvalue weighted by atomic mass is 16.5. The lowest BCUT2D eigenvalue weighted by molar-refractivity contribution is 0.0601. The van der Waals surface area contributed by atoms with E-state index < -0.39 is 5.97 Å². The fraction of sp³-hybridized carbons (Fsp3) is 0.176. The first-order valence-electron chi connectivity index (χ1n) is 6.94. The molecule has 0 radical (unpaired) electrons. The first-order chi connectivity index (χ1) is 11.0. The SMILES string of the molecule is COC(=O)c1ccc(NC(=O)Nc2ccc(OC)cc2C)cc1. The van der Waals surface area contributed by atoms with E-state index in [2.05, 4.69) is 15.4 Å². The van der Waals surface area contributed by atoms with Gasteiger partial charge in [0.25, 0.3) is 0 Å². The van der Waals surface area contributed by atoms with Crippen LogP contribution in [0.1, 0.15) is 15.9 Å². The Hall–Kier alpha value is -3.02. The third kappa shape index (κ3) is 4.23. The van der Waals surface area contributed by atoms with Crippen LogP contribution in [0.4, 0.5) is 16.2 Å². The van der Waals surface area contributed by atoms with E-state index in [-0.39, 0.29) is 6.03 Å². The number of aryl methyl sites for hydroxylation is 1. The van der Waals surface area contributed by atoms with Gasteiger partial charge in [-0.3, -0.25) is 0 Å². The van der Waals surface area contributed by atoms with Crippen molar-refractivity contribution >= 4 is 23.4 Å². The van der Waals surface area contributed by atoms with Crippen LogP contribution in [-0.2, 0) is 4.74 Å². The minimum atomic E-state index is -0.421. The van der Waals surface area contributed by atoms with Crippen LogP contribution in [-0.4, -0.2) is 26.2 Å². The first kappa shape index (κ1) is 16.4. The van der Waals surface area contributed by atoms with Crippen molar-refractivity contribution < 1.29 is 19.1 Å². The molecule has 2 rings (SSSR count). The molecule has 0 aromatic heterocycles. The van der Waals surface area contributed by atoms with Gasteiger partial charge >= 0.3 is 12.0 Å². The van der Waals surface area contributed by atoms with E-state index in [1.807, 2.05) is 13.0 Å². The van der Waals surface area contributed by atoms with Crippen molar-refractivity contribution in [3.63, 3.8) is 0 Å². The van der Waals surface area contributed by atoms with Crippen LogP contribution < -0.4 is 15.4 Å². The van der Waals surface area contributed by atoms with E-state index >= 15 is 0 Å². The van der Waals surface area contributed by atoms with E-state index in [0.717, 1.165) is 11.3 Å². The van der Waals surface area contributed by atoms with Crippen LogP contribution in [0.3, 0.4) is 0 Å². The van der Waals surface area contributed by atoms with Crippen molar-refractivity contribution in [3.8, 4) is 5.75 Å². The second kappa shape index (κ2) is 7.31. The van der Waals surface area contributed by atoms with Gasteiger partial charge in [0.05, 0.1) is 19.8 Å². The highest BCUT2D eigenvalue weighted by Gasteiger charge is 2.08. The van der Waals surface area contributed by atoms with Gasteiger partial charge in [0, 0.05) is 11.4 Å². The number of amides is 2. The molecular formula is C17H18N2O4. The lowest BCUT2D eigenvalue weighted by Gasteiger charge is -2.11. The number of rotatable bonds is 4. The van der Waals surface area contributed by atoms with Crippen molar-refractivity contribution in [1.29, 1.82) is 0 Å². The molecule has 0 saturated heterocycles. The number of benzene rings is 2. The summed E-state index contributed by atoms with van der Waals surface area (Å²) in [5.41, 5.74) is 2.57. The molecule has 2 aromatic rings. The summed E-state index contributed by atoms with van der Waals surface area (Å²) >= 11 is 0. The van der Waals surface area contributed by atoms with E-state index in [4.69, 9.17) is 4.74 Å². The lowest BCUT2D eigenvalue weighted by Crippen LogP contribution is -2.20. The zero-order chi connectivity index (χ0) is 16.8. The molecule has 23 heavy (non-hydrogen) atoms. The Morgan fingerprint density at radius 3 is 2.22 bits per heavy atom. The monoisotopic (exact) mass is 314 g/mol. The normalized spacial score (nSPS) is 9.87. The topological polar surface area (TPSA) is 76.7 Å². The summed E-state index contributed by atoms with van der Waals surface area (Å²) in [4.78, 5) is 23.4. The zero-order valence-electron chi connectivity index (χ0n) is 13.2.